The molecule has 19 heavy (non-hydrogen) atoms. The van der Waals surface area contributed by atoms with Crippen LogP contribution in [0, 0.1) is 11.3 Å². The van der Waals surface area contributed by atoms with Crippen LogP contribution in [0.15, 0.2) is 23.3 Å². The SMILES string of the molecule is C=C(C(=O)OC)[C@@H]1CC[C@@]2(C)CCCC(C)=C2[C@@H]1O. The molecule has 0 bridgehead atoms. The van der Waals surface area contributed by atoms with E-state index in [0.717, 1.165) is 31.3 Å². The van der Waals surface area contributed by atoms with E-state index in [4.69, 9.17) is 4.74 Å². The molecule has 0 radical (unpaired) electrons. The van der Waals surface area contributed by atoms with E-state index in [1.165, 1.54) is 19.1 Å². The van der Waals surface area contributed by atoms with Crippen molar-refractivity contribution in [1.29, 1.82) is 0 Å². The number of methoxy groups -OCH3 is 1. The quantitative estimate of drug-likeness (QED) is 0.474. The van der Waals surface area contributed by atoms with Crippen molar-refractivity contribution < 1.29 is 14.6 Å². The van der Waals surface area contributed by atoms with Crippen molar-refractivity contribution in [3.63, 3.8) is 0 Å². The first-order valence-corrected chi connectivity index (χ1v) is 7.06. The summed E-state index contributed by atoms with van der Waals surface area (Å²) in [4.78, 5) is 11.6. The fraction of sp³-hybridized carbons (Fsp3) is 0.688. The third kappa shape index (κ3) is 2.36. The maximum absolute atomic E-state index is 11.6. The van der Waals surface area contributed by atoms with Crippen LogP contribution in [-0.4, -0.2) is 24.3 Å². The van der Waals surface area contributed by atoms with Crippen molar-refractivity contribution in [2.45, 2.75) is 52.1 Å². The second kappa shape index (κ2) is 5.12. The predicted molar refractivity (Wildman–Crippen MR) is 74.5 cm³/mol. The van der Waals surface area contributed by atoms with Crippen LogP contribution in [-0.2, 0) is 9.53 Å². The zero-order chi connectivity index (χ0) is 14.2. The number of rotatable bonds is 2. The minimum Gasteiger partial charge on any atom is -0.466 e. The molecule has 3 atom stereocenters. The van der Waals surface area contributed by atoms with E-state index in [-0.39, 0.29) is 11.3 Å². The van der Waals surface area contributed by atoms with Crippen molar-refractivity contribution in [1.82, 2.24) is 0 Å². The molecule has 0 amide bonds. The van der Waals surface area contributed by atoms with E-state index in [1.807, 2.05) is 0 Å². The Morgan fingerprint density at radius 1 is 1.47 bits per heavy atom. The summed E-state index contributed by atoms with van der Waals surface area (Å²) in [6.07, 6.45) is 4.62. The van der Waals surface area contributed by atoms with Gasteiger partial charge in [-0.2, -0.15) is 0 Å². The van der Waals surface area contributed by atoms with Gasteiger partial charge in [0.2, 0.25) is 0 Å². The molecular formula is C16H24O3. The molecule has 3 heteroatoms. The molecule has 0 aromatic heterocycles. The van der Waals surface area contributed by atoms with Gasteiger partial charge < -0.3 is 9.84 Å². The van der Waals surface area contributed by atoms with Gasteiger partial charge in [0.1, 0.15) is 0 Å². The van der Waals surface area contributed by atoms with Crippen molar-refractivity contribution in [3.05, 3.63) is 23.3 Å². The lowest BCUT2D eigenvalue weighted by Gasteiger charge is -2.47. The van der Waals surface area contributed by atoms with Crippen LogP contribution in [0.1, 0.15) is 46.0 Å². The number of fused-ring (bicyclic) bond motifs is 1. The average molecular weight is 264 g/mol. The molecule has 2 aliphatic rings. The number of carbonyl (C=O) groups is 1. The van der Waals surface area contributed by atoms with E-state index in [9.17, 15) is 9.90 Å². The fourth-order valence-electron chi connectivity index (χ4n) is 3.88. The second-order valence-electron chi connectivity index (χ2n) is 6.22. The molecular weight excluding hydrogens is 240 g/mol. The lowest BCUT2D eigenvalue weighted by atomic mass is 9.59. The smallest absolute Gasteiger partial charge is 0.333 e. The number of esters is 1. The third-order valence-corrected chi connectivity index (χ3v) is 4.97. The molecule has 106 valence electrons. The van der Waals surface area contributed by atoms with Crippen LogP contribution in [0.5, 0.6) is 0 Å². The Balaban J connectivity index is 2.30. The average Bonchev–Trinajstić information content (AvgIpc) is 2.37. The highest BCUT2D eigenvalue weighted by Crippen LogP contribution is 2.52. The molecule has 1 fully saturated rings. The Morgan fingerprint density at radius 2 is 2.16 bits per heavy atom. The van der Waals surface area contributed by atoms with Crippen LogP contribution in [0.2, 0.25) is 0 Å². The molecule has 0 spiro atoms. The summed E-state index contributed by atoms with van der Waals surface area (Å²) < 4.78 is 4.74. The molecule has 1 N–H and O–H groups in total. The highest BCUT2D eigenvalue weighted by Gasteiger charge is 2.45. The molecule has 1 saturated carbocycles. The van der Waals surface area contributed by atoms with Crippen molar-refractivity contribution in [3.8, 4) is 0 Å². The van der Waals surface area contributed by atoms with Crippen LogP contribution < -0.4 is 0 Å². The van der Waals surface area contributed by atoms with Crippen molar-refractivity contribution in [2.75, 3.05) is 7.11 Å². The number of ether oxygens (including phenoxy) is 1. The van der Waals surface area contributed by atoms with Gasteiger partial charge in [-0.1, -0.05) is 19.1 Å². The summed E-state index contributed by atoms with van der Waals surface area (Å²) in [5.41, 5.74) is 2.96. The first kappa shape index (κ1) is 14.3. The maximum atomic E-state index is 11.6. The summed E-state index contributed by atoms with van der Waals surface area (Å²) in [5.74, 6) is -0.592. The minimum atomic E-state index is -0.578. The zero-order valence-corrected chi connectivity index (χ0v) is 12.2. The highest BCUT2D eigenvalue weighted by molar-refractivity contribution is 5.88. The standard InChI is InChI=1S/C16H24O3/c1-10-6-5-8-16(3)9-7-12(14(17)13(10)16)11(2)15(18)19-4/h12,14,17H,2,5-9H2,1,3-4H3/t12-,14+,16+/m0/s1. The molecule has 2 rings (SSSR count). The fourth-order valence-corrected chi connectivity index (χ4v) is 3.88. The molecule has 0 heterocycles. The molecule has 3 nitrogen and oxygen atoms in total. The molecule has 0 saturated heterocycles. The van der Waals surface area contributed by atoms with Gasteiger partial charge in [-0.05, 0) is 50.0 Å². The lowest BCUT2D eigenvalue weighted by Crippen LogP contribution is -2.42. The van der Waals surface area contributed by atoms with Gasteiger partial charge in [0.25, 0.3) is 0 Å². The van der Waals surface area contributed by atoms with Crippen LogP contribution >= 0.6 is 0 Å². The summed E-state index contributed by atoms with van der Waals surface area (Å²) in [6, 6.07) is 0. The normalized spacial score (nSPS) is 34.7. The van der Waals surface area contributed by atoms with Gasteiger partial charge >= 0.3 is 5.97 Å². The predicted octanol–water partition coefficient (Wildman–Crippen LogP) is 2.99. The van der Waals surface area contributed by atoms with E-state index in [0.29, 0.717) is 5.57 Å². The molecule has 0 aromatic rings. The summed E-state index contributed by atoms with van der Waals surface area (Å²) in [7, 11) is 1.36. The summed E-state index contributed by atoms with van der Waals surface area (Å²) in [6.45, 7) is 8.18. The maximum Gasteiger partial charge on any atom is 0.333 e. The van der Waals surface area contributed by atoms with Crippen LogP contribution in [0.4, 0.5) is 0 Å². The van der Waals surface area contributed by atoms with Gasteiger partial charge in [0.05, 0.1) is 13.2 Å². The number of aliphatic hydroxyl groups excluding tert-OH is 1. The highest BCUT2D eigenvalue weighted by atomic mass is 16.5. The van der Waals surface area contributed by atoms with Crippen LogP contribution in [0.3, 0.4) is 0 Å². The Hall–Kier alpha value is -1.09. The van der Waals surface area contributed by atoms with E-state index >= 15 is 0 Å². The Bertz CT molecular complexity index is 435. The molecule has 0 aromatic carbocycles. The molecule has 0 aliphatic heterocycles. The largest absolute Gasteiger partial charge is 0.466 e. The van der Waals surface area contributed by atoms with E-state index < -0.39 is 12.1 Å². The Kier molecular flexibility index (Phi) is 3.86. The monoisotopic (exact) mass is 264 g/mol. The van der Waals surface area contributed by atoms with Crippen molar-refractivity contribution >= 4 is 5.97 Å². The summed E-state index contributed by atoms with van der Waals surface area (Å²) in [5, 5.41) is 10.7. The summed E-state index contributed by atoms with van der Waals surface area (Å²) >= 11 is 0. The van der Waals surface area contributed by atoms with Gasteiger partial charge in [-0.3, -0.25) is 0 Å². The Labute approximate surface area is 115 Å². The second-order valence-corrected chi connectivity index (χ2v) is 6.22. The van der Waals surface area contributed by atoms with Gasteiger partial charge in [0.15, 0.2) is 0 Å². The number of aliphatic hydroxyl groups is 1. The van der Waals surface area contributed by atoms with Crippen molar-refractivity contribution in [2.24, 2.45) is 11.3 Å². The first-order valence-electron chi connectivity index (χ1n) is 7.06. The number of allylic oxidation sites excluding steroid dienone is 1. The molecule has 2 aliphatic carbocycles. The third-order valence-electron chi connectivity index (χ3n) is 4.97. The van der Waals surface area contributed by atoms with Gasteiger partial charge in [0, 0.05) is 11.5 Å². The van der Waals surface area contributed by atoms with Gasteiger partial charge in [-0.25, -0.2) is 4.79 Å². The van der Waals surface area contributed by atoms with E-state index in [2.05, 4.69) is 20.4 Å². The molecule has 0 unspecified atom stereocenters. The lowest BCUT2D eigenvalue weighted by molar-refractivity contribution is -0.137. The minimum absolute atomic E-state index is 0.106. The zero-order valence-electron chi connectivity index (χ0n) is 12.2. The Morgan fingerprint density at radius 3 is 2.79 bits per heavy atom. The van der Waals surface area contributed by atoms with Crippen LogP contribution in [0.25, 0.3) is 0 Å². The number of hydrogen-bond donors (Lipinski definition) is 1. The van der Waals surface area contributed by atoms with Gasteiger partial charge in [-0.15, -0.1) is 0 Å². The topological polar surface area (TPSA) is 46.5 Å². The number of hydrogen-bond acceptors (Lipinski definition) is 3. The first-order chi connectivity index (χ1) is 8.90. The van der Waals surface area contributed by atoms with E-state index in [1.54, 1.807) is 0 Å². The number of carbonyl (C=O) groups excluding carboxylic acids is 1.